The Bertz CT molecular complexity index is 532. The molecule has 96 valence electrons. The predicted molar refractivity (Wildman–Crippen MR) is 67.6 cm³/mol. The van der Waals surface area contributed by atoms with Crippen LogP contribution in [0.3, 0.4) is 0 Å². The Morgan fingerprint density at radius 2 is 2.28 bits per heavy atom. The van der Waals surface area contributed by atoms with Crippen LogP contribution in [0, 0.1) is 12.7 Å². The van der Waals surface area contributed by atoms with Gasteiger partial charge in [0.15, 0.2) is 0 Å². The number of nitrogens with zero attached hydrogens (tertiary/aromatic N) is 3. The summed E-state index contributed by atoms with van der Waals surface area (Å²) in [4.78, 5) is 12.9. The fourth-order valence-electron chi connectivity index (χ4n) is 1.38. The van der Waals surface area contributed by atoms with E-state index < -0.39 is 5.82 Å². The van der Waals surface area contributed by atoms with Gasteiger partial charge in [-0.05, 0) is 6.92 Å². The van der Waals surface area contributed by atoms with Crippen molar-refractivity contribution < 1.29 is 9.13 Å². The fraction of sp³-hybridized carbons (Fsp3) is 0.364. The normalized spacial score (nSPS) is 10.4. The van der Waals surface area contributed by atoms with Crippen LogP contribution >= 0.6 is 11.3 Å². The van der Waals surface area contributed by atoms with E-state index in [1.165, 1.54) is 0 Å². The molecule has 1 N–H and O–H groups in total. The lowest BCUT2D eigenvalue weighted by molar-refractivity contribution is 0.292. The van der Waals surface area contributed by atoms with Crippen molar-refractivity contribution in [1.82, 2.24) is 15.0 Å². The molecule has 2 heterocycles. The van der Waals surface area contributed by atoms with Gasteiger partial charge in [-0.1, -0.05) is 0 Å². The highest BCUT2D eigenvalue weighted by Crippen LogP contribution is 2.16. The highest BCUT2D eigenvalue weighted by Gasteiger charge is 2.08. The molecule has 5 nitrogen and oxygen atoms in total. The SMILES string of the molecule is CNc1ncc(F)c(OCCc2scnc2C)n1. The first-order chi connectivity index (χ1) is 8.70. The van der Waals surface area contributed by atoms with Crippen LogP contribution in [0.15, 0.2) is 11.7 Å². The second-order valence-corrected chi connectivity index (χ2v) is 4.50. The molecule has 0 aliphatic rings. The number of halogens is 1. The van der Waals surface area contributed by atoms with E-state index in [-0.39, 0.29) is 5.88 Å². The molecule has 0 fully saturated rings. The van der Waals surface area contributed by atoms with E-state index in [1.54, 1.807) is 23.9 Å². The van der Waals surface area contributed by atoms with Gasteiger partial charge in [-0.15, -0.1) is 11.3 Å². The molecule has 2 rings (SSSR count). The Morgan fingerprint density at radius 1 is 1.44 bits per heavy atom. The molecule has 18 heavy (non-hydrogen) atoms. The van der Waals surface area contributed by atoms with Crippen LogP contribution in [-0.4, -0.2) is 28.6 Å². The summed E-state index contributed by atoms with van der Waals surface area (Å²) < 4.78 is 18.7. The Kier molecular flexibility index (Phi) is 4.03. The molecule has 0 aliphatic carbocycles. The van der Waals surface area contributed by atoms with Gasteiger partial charge in [-0.25, -0.2) is 9.97 Å². The number of anilines is 1. The number of hydrogen-bond acceptors (Lipinski definition) is 6. The second kappa shape index (κ2) is 5.72. The topological polar surface area (TPSA) is 59.9 Å². The van der Waals surface area contributed by atoms with Crippen molar-refractivity contribution in [2.75, 3.05) is 19.0 Å². The predicted octanol–water partition coefficient (Wildman–Crippen LogP) is 2.04. The van der Waals surface area contributed by atoms with Crippen molar-refractivity contribution >= 4 is 17.3 Å². The average Bonchev–Trinajstić information content (AvgIpc) is 2.77. The van der Waals surface area contributed by atoms with Crippen LogP contribution in [0.2, 0.25) is 0 Å². The summed E-state index contributed by atoms with van der Waals surface area (Å²) in [6, 6.07) is 0. The van der Waals surface area contributed by atoms with Crippen molar-refractivity contribution in [3.05, 3.63) is 28.1 Å². The molecule has 0 radical (unpaired) electrons. The lowest BCUT2D eigenvalue weighted by atomic mass is 10.3. The molecule has 0 amide bonds. The van der Waals surface area contributed by atoms with Crippen molar-refractivity contribution in [2.24, 2.45) is 0 Å². The molecular weight excluding hydrogens is 255 g/mol. The molecule has 0 spiro atoms. The van der Waals surface area contributed by atoms with Gasteiger partial charge in [0.1, 0.15) is 0 Å². The maximum Gasteiger partial charge on any atom is 0.255 e. The molecule has 7 heteroatoms. The van der Waals surface area contributed by atoms with Crippen LogP contribution in [0.4, 0.5) is 10.3 Å². The summed E-state index contributed by atoms with van der Waals surface area (Å²) in [5.74, 6) is -0.257. The minimum Gasteiger partial charge on any atom is -0.475 e. The number of hydrogen-bond donors (Lipinski definition) is 1. The van der Waals surface area contributed by atoms with Gasteiger partial charge in [0.25, 0.3) is 5.88 Å². The van der Waals surface area contributed by atoms with E-state index in [0.29, 0.717) is 19.0 Å². The third-order valence-electron chi connectivity index (χ3n) is 2.35. The monoisotopic (exact) mass is 268 g/mol. The Labute approximate surface area is 108 Å². The van der Waals surface area contributed by atoms with Gasteiger partial charge in [-0.3, -0.25) is 0 Å². The van der Waals surface area contributed by atoms with Gasteiger partial charge in [0.2, 0.25) is 11.8 Å². The summed E-state index contributed by atoms with van der Waals surface area (Å²) in [6.07, 6.45) is 1.78. The van der Waals surface area contributed by atoms with Crippen LogP contribution in [0.1, 0.15) is 10.6 Å². The number of aromatic nitrogens is 3. The van der Waals surface area contributed by atoms with Gasteiger partial charge in [0, 0.05) is 18.3 Å². The van der Waals surface area contributed by atoms with Crippen molar-refractivity contribution in [3.63, 3.8) is 0 Å². The molecule has 0 bridgehead atoms. The molecule has 0 saturated heterocycles. The maximum absolute atomic E-state index is 13.4. The summed E-state index contributed by atoms with van der Waals surface area (Å²) in [5, 5.41) is 2.73. The van der Waals surface area contributed by atoms with Gasteiger partial charge >= 0.3 is 0 Å². The zero-order chi connectivity index (χ0) is 13.0. The van der Waals surface area contributed by atoms with Crippen LogP contribution < -0.4 is 10.1 Å². The van der Waals surface area contributed by atoms with Crippen LogP contribution in [0.5, 0.6) is 5.88 Å². The average molecular weight is 268 g/mol. The van der Waals surface area contributed by atoms with Gasteiger partial charge in [0.05, 0.1) is 24.0 Å². The number of nitrogens with one attached hydrogen (secondary N) is 1. The van der Waals surface area contributed by atoms with Gasteiger partial charge in [-0.2, -0.15) is 9.37 Å². The first-order valence-corrected chi connectivity index (χ1v) is 6.30. The first-order valence-electron chi connectivity index (χ1n) is 5.42. The third kappa shape index (κ3) is 2.92. The van der Waals surface area contributed by atoms with E-state index in [4.69, 9.17) is 4.74 Å². The molecule has 0 aliphatic heterocycles. The zero-order valence-electron chi connectivity index (χ0n) is 10.1. The Hall–Kier alpha value is -1.76. The van der Waals surface area contributed by atoms with Crippen LogP contribution in [0.25, 0.3) is 0 Å². The third-order valence-corrected chi connectivity index (χ3v) is 3.34. The fourth-order valence-corrected chi connectivity index (χ4v) is 2.14. The zero-order valence-corrected chi connectivity index (χ0v) is 10.9. The number of thiazole rings is 1. The standard InChI is InChI=1S/C11H13FN4OS/c1-7-9(18-6-15-7)3-4-17-10-8(12)5-14-11(13-2)16-10/h5-6H,3-4H2,1-2H3,(H,13,14,16). The summed E-state index contributed by atoms with van der Waals surface area (Å²) in [7, 11) is 1.66. The molecule has 0 atom stereocenters. The highest BCUT2D eigenvalue weighted by atomic mass is 32.1. The van der Waals surface area contributed by atoms with Crippen molar-refractivity contribution in [1.29, 1.82) is 0 Å². The molecule has 0 saturated carbocycles. The molecular formula is C11H13FN4OS. The van der Waals surface area contributed by atoms with E-state index >= 15 is 0 Å². The van der Waals surface area contributed by atoms with E-state index in [1.807, 2.05) is 6.92 Å². The second-order valence-electron chi connectivity index (χ2n) is 3.56. The Balaban J connectivity index is 1.96. The van der Waals surface area contributed by atoms with Gasteiger partial charge < -0.3 is 10.1 Å². The van der Waals surface area contributed by atoms with Crippen LogP contribution in [-0.2, 0) is 6.42 Å². The van der Waals surface area contributed by atoms with E-state index in [2.05, 4.69) is 20.3 Å². The summed E-state index contributed by atoms with van der Waals surface area (Å²) in [5.41, 5.74) is 2.78. The summed E-state index contributed by atoms with van der Waals surface area (Å²) >= 11 is 1.57. The number of ether oxygens (including phenoxy) is 1. The minimum atomic E-state index is -0.560. The number of aryl methyl sites for hydroxylation is 1. The minimum absolute atomic E-state index is 0.0310. The smallest absolute Gasteiger partial charge is 0.255 e. The maximum atomic E-state index is 13.4. The first kappa shape index (κ1) is 12.7. The van der Waals surface area contributed by atoms with Crippen molar-refractivity contribution in [2.45, 2.75) is 13.3 Å². The number of rotatable bonds is 5. The molecule has 2 aromatic rings. The quantitative estimate of drug-likeness (QED) is 0.899. The largest absolute Gasteiger partial charge is 0.475 e. The molecule has 2 aromatic heterocycles. The van der Waals surface area contributed by atoms with E-state index in [0.717, 1.165) is 16.8 Å². The van der Waals surface area contributed by atoms with E-state index in [9.17, 15) is 4.39 Å². The molecule has 0 unspecified atom stereocenters. The van der Waals surface area contributed by atoms with Crippen molar-refractivity contribution in [3.8, 4) is 5.88 Å². The molecule has 0 aromatic carbocycles. The lowest BCUT2D eigenvalue weighted by Crippen LogP contribution is -2.06. The lowest BCUT2D eigenvalue weighted by Gasteiger charge is -2.06. The Morgan fingerprint density at radius 3 is 2.94 bits per heavy atom. The summed E-state index contributed by atoms with van der Waals surface area (Å²) in [6.45, 7) is 2.30. The highest BCUT2D eigenvalue weighted by molar-refractivity contribution is 7.09.